The normalized spacial score (nSPS) is 10.6. The Balaban J connectivity index is -0.000000130. The summed E-state index contributed by atoms with van der Waals surface area (Å²) in [6.07, 6.45) is 23.4. The Morgan fingerprint density at radius 1 is 0.362 bits per heavy atom. The van der Waals surface area contributed by atoms with Crippen LogP contribution in [-0.4, -0.2) is 15.0 Å². The fourth-order valence-electron chi connectivity index (χ4n) is 2.54. The quantitative estimate of drug-likeness (QED) is 0.178. The summed E-state index contributed by atoms with van der Waals surface area (Å²) in [5.41, 5.74) is 4.84. The number of pyridine rings is 1. The van der Waals surface area contributed by atoms with Crippen LogP contribution < -0.4 is 0 Å². The maximum absolute atomic E-state index is 3.78. The van der Waals surface area contributed by atoms with E-state index in [1.807, 2.05) is 96.1 Å². The number of fused-ring (bicyclic) bond motifs is 1. The van der Waals surface area contributed by atoms with Crippen molar-refractivity contribution >= 4 is 6.08 Å². The molecule has 0 N–H and O–H groups in total. The highest BCUT2D eigenvalue weighted by Gasteiger charge is 2.00. The zero-order valence-electron chi connectivity index (χ0n) is 42.2. The fraction of sp³-hybridized carbons (Fsp3) is 0.509. The van der Waals surface area contributed by atoms with Crippen LogP contribution in [0.3, 0.4) is 0 Å². The molecule has 4 aromatic rings. The maximum atomic E-state index is 3.78. The molecule has 330 valence electrons. The highest BCUT2D eigenvalue weighted by atomic mass is 14.8. The topological polar surface area (TPSA) is 38.7 Å². The minimum absolute atomic E-state index is 0.500. The van der Waals surface area contributed by atoms with E-state index in [2.05, 4.69) is 186 Å². The lowest BCUT2D eigenvalue weighted by Crippen LogP contribution is -1.93. The van der Waals surface area contributed by atoms with E-state index in [1.165, 1.54) is 17.5 Å². The van der Waals surface area contributed by atoms with E-state index >= 15 is 0 Å². The average molecular weight is 798 g/mol. The third-order valence-corrected chi connectivity index (χ3v) is 4.06. The molecule has 2 aliphatic rings. The molecule has 3 nitrogen and oxygen atoms in total. The van der Waals surface area contributed by atoms with Gasteiger partial charge in [0.15, 0.2) is 0 Å². The molecular weight excluding hydrogens is 703 g/mol. The molecule has 0 atom stereocenters. The SMILES string of the molecule is C1=CCC=C1.C1=Cc2ccccc2C1.CC.CC.CC.CC(C)(C)C.CC(C)(C)C.CC(C)(C)C.CC(C)(C)C.c1ccccc1.c1ccncc1.c1cncnc1. The van der Waals surface area contributed by atoms with Crippen LogP contribution in [0.5, 0.6) is 0 Å². The molecule has 58 heavy (non-hydrogen) atoms. The lowest BCUT2D eigenvalue weighted by atomic mass is 10.0. The maximum Gasteiger partial charge on any atom is 0.115 e. The van der Waals surface area contributed by atoms with E-state index in [0.717, 1.165) is 12.8 Å². The van der Waals surface area contributed by atoms with E-state index in [1.54, 1.807) is 30.9 Å². The van der Waals surface area contributed by atoms with Crippen molar-refractivity contribution in [1.82, 2.24) is 15.0 Å². The molecule has 0 fully saturated rings. The van der Waals surface area contributed by atoms with Crippen molar-refractivity contribution < 1.29 is 0 Å². The van der Waals surface area contributed by atoms with Gasteiger partial charge in [0.2, 0.25) is 0 Å². The van der Waals surface area contributed by atoms with Crippen molar-refractivity contribution in [1.29, 1.82) is 0 Å². The lowest BCUT2D eigenvalue weighted by molar-refractivity contribution is 0.469. The Morgan fingerprint density at radius 2 is 0.672 bits per heavy atom. The molecule has 0 amide bonds. The van der Waals surface area contributed by atoms with Gasteiger partial charge in [0.1, 0.15) is 6.33 Å². The summed E-state index contributed by atoms with van der Waals surface area (Å²) in [6, 6.07) is 28.0. The van der Waals surface area contributed by atoms with Gasteiger partial charge in [-0.1, -0.05) is 256 Å². The summed E-state index contributed by atoms with van der Waals surface area (Å²) in [5.74, 6) is 0. The second-order valence-electron chi connectivity index (χ2n) is 18.5. The number of aromatic nitrogens is 3. The van der Waals surface area contributed by atoms with Gasteiger partial charge in [-0.05, 0) is 63.8 Å². The lowest BCUT2D eigenvalue weighted by Gasteiger charge is -2.05. The first-order valence-corrected chi connectivity index (χ1v) is 21.6. The summed E-state index contributed by atoms with van der Waals surface area (Å²) in [7, 11) is 0. The standard InChI is InChI=1S/C9H8.C6H6.C5H5N.C5H6.4C5H12.C4H4N2.3C2H6/c1-2-5-9-7-3-6-8(9)4-1;2*1-2-4-6-5-3-1;1-2-4-5-3-1;4*1-5(2,3)4;1-2-5-4-6-3-1;3*1-2/h1-6H,7H2;1-6H;1-5H;1-4H,5H2;4*1-4H3;1-4H;3*1-2H3. The van der Waals surface area contributed by atoms with Gasteiger partial charge in [0.05, 0.1) is 0 Å². The number of allylic oxidation sites excluding steroid dienone is 5. The minimum atomic E-state index is 0.500. The Hall–Kier alpha value is -4.11. The van der Waals surface area contributed by atoms with E-state index in [0.29, 0.717) is 21.7 Å². The average Bonchev–Trinajstić information content (AvgIpc) is 3.91. The Labute approximate surface area is 364 Å². The van der Waals surface area contributed by atoms with Crippen LogP contribution in [0, 0.1) is 21.7 Å². The van der Waals surface area contributed by atoms with Gasteiger partial charge >= 0.3 is 0 Å². The van der Waals surface area contributed by atoms with E-state index < -0.39 is 0 Å². The Bertz CT molecular complexity index is 1130. The van der Waals surface area contributed by atoms with Crippen LogP contribution in [0.15, 0.2) is 146 Å². The Morgan fingerprint density at radius 3 is 0.879 bits per heavy atom. The van der Waals surface area contributed by atoms with Crippen LogP contribution in [0.25, 0.3) is 6.08 Å². The van der Waals surface area contributed by atoms with Crippen LogP contribution >= 0.6 is 0 Å². The largest absolute Gasteiger partial charge is 0.265 e. The number of rotatable bonds is 0. The zero-order valence-corrected chi connectivity index (χ0v) is 42.2. The summed E-state index contributed by atoms with van der Waals surface area (Å²) >= 11 is 0. The van der Waals surface area contributed by atoms with Crippen LogP contribution in [0.2, 0.25) is 0 Å². The van der Waals surface area contributed by atoms with Crippen molar-refractivity contribution in [3.05, 3.63) is 158 Å². The summed E-state index contributed by atoms with van der Waals surface area (Å²) < 4.78 is 0. The van der Waals surface area contributed by atoms with Gasteiger partial charge in [-0.25, -0.2) is 9.97 Å². The molecule has 0 spiro atoms. The molecule has 0 saturated carbocycles. The molecule has 6 rings (SSSR count). The second kappa shape index (κ2) is 45.6. The van der Waals surface area contributed by atoms with Gasteiger partial charge in [0.25, 0.3) is 0 Å². The number of hydrogen-bond donors (Lipinski definition) is 0. The second-order valence-corrected chi connectivity index (χ2v) is 18.5. The zero-order chi connectivity index (χ0) is 46.4. The molecule has 2 heterocycles. The van der Waals surface area contributed by atoms with E-state index in [9.17, 15) is 0 Å². The molecule has 0 radical (unpaired) electrons. The third kappa shape index (κ3) is 104. The Kier molecular flexibility index (Phi) is 51.7. The van der Waals surface area contributed by atoms with Crippen molar-refractivity contribution in [2.75, 3.05) is 0 Å². The number of nitrogens with zero attached hydrogens (tertiary/aromatic N) is 3. The molecule has 0 unspecified atom stereocenters. The monoisotopic (exact) mass is 798 g/mol. The van der Waals surface area contributed by atoms with Crippen molar-refractivity contribution in [2.24, 2.45) is 21.7 Å². The molecular formula is C55H95N3. The highest BCUT2D eigenvalue weighted by molar-refractivity contribution is 5.59. The number of hydrogen-bond acceptors (Lipinski definition) is 3. The van der Waals surface area contributed by atoms with Gasteiger partial charge < -0.3 is 0 Å². The smallest absolute Gasteiger partial charge is 0.115 e. The predicted molar refractivity (Wildman–Crippen MR) is 269 cm³/mol. The van der Waals surface area contributed by atoms with Crippen molar-refractivity contribution in [3.8, 4) is 0 Å². The predicted octanol–water partition coefficient (Wildman–Crippen LogP) is 18.3. The van der Waals surface area contributed by atoms with Crippen molar-refractivity contribution in [3.63, 3.8) is 0 Å². The summed E-state index contributed by atoms with van der Waals surface area (Å²) in [4.78, 5) is 11.1. The first kappa shape index (κ1) is 65.7. The minimum Gasteiger partial charge on any atom is -0.265 e. The van der Waals surface area contributed by atoms with E-state index in [4.69, 9.17) is 0 Å². The van der Waals surface area contributed by atoms with Gasteiger partial charge in [-0.2, -0.15) is 0 Å². The molecule has 0 aliphatic heterocycles. The summed E-state index contributed by atoms with van der Waals surface area (Å²) in [5, 5.41) is 0. The van der Waals surface area contributed by atoms with Gasteiger partial charge in [-0.3, -0.25) is 4.98 Å². The first-order chi connectivity index (χ1) is 27.0. The molecule has 2 aliphatic carbocycles. The van der Waals surface area contributed by atoms with Gasteiger partial charge in [0, 0.05) is 24.8 Å². The van der Waals surface area contributed by atoms with Crippen LogP contribution in [-0.2, 0) is 6.42 Å². The molecule has 2 aromatic carbocycles. The summed E-state index contributed by atoms with van der Waals surface area (Å²) in [6.45, 7) is 47.0. The third-order valence-electron chi connectivity index (χ3n) is 4.06. The van der Waals surface area contributed by atoms with E-state index in [-0.39, 0.29) is 0 Å². The van der Waals surface area contributed by atoms with Crippen LogP contribution in [0.1, 0.15) is 170 Å². The molecule has 3 heteroatoms. The number of benzene rings is 2. The molecule has 2 aromatic heterocycles. The fourth-order valence-corrected chi connectivity index (χ4v) is 2.54. The molecule has 0 saturated heterocycles. The first-order valence-electron chi connectivity index (χ1n) is 21.6. The van der Waals surface area contributed by atoms with Crippen LogP contribution in [0.4, 0.5) is 0 Å². The molecule has 0 bridgehead atoms. The van der Waals surface area contributed by atoms with Crippen molar-refractivity contribution in [2.45, 2.75) is 165 Å². The highest BCUT2D eigenvalue weighted by Crippen LogP contribution is 2.17. The van der Waals surface area contributed by atoms with Gasteiger partial charge in [-0.15, -0.1) is 0 Å².